The number of fused-ring (bicyclic) bond motifs is 9. The molecule has 4 aliphatic heterocycles. The number of nitrogens with one attached hydrogen (secondary N) is 1. The zero-order valence-corrected chi connectivity index (χ0v) is 26.0. The molecule has 1 atom stereocenters. The first-order valence-corrected chi connectivity index (χ1v) is 17.6. The van der Waals surface area contributed by atoms with Crippen molar-refractivity contribution in [2.45, 2.75) is 69.9 Å². The van der Waals surface area contributed by atoms with Crippen molar-refractivity contribution in [2.24, 2.45) is 5.92 Å². The van der Waals surface area contributed by atoms with Crippen LogP contribution in [0.4, 0.5) is 14.6 Å². The quantitative estimate of drug-likeness (QED) is 0.407. The molecule has 8 bridgehead atoms. The number of sulfone groups is 1. The molecule has 44 heavy (non-hydrogen) atoms. The smallest absolute Gasteiger partial charge is 0.273 e. The van der Waals surface area contributed by atoms with Gasteiger partial charge < -0.3 is 15.0 Å². The summed E-state index contributed by atoms with van der Waals surface area (Å²) in [4.78, 5) is 25.1. The van der Waals surface area contributed by atoms with Crippen LogP contribution >= 0.6 is 0 Å². The van der Waals surface area contributed by atoms with E-state index in [0.717, 1.165) is 19.4 Å². The van der Waals surface area contributed by atoms with E-state index in [1.807, 2.05) is 13.0 Å². The van der Waals surface area contributed by atoms with Crippen LogP contribution in [0.1, 0.15) is 74.1 Å². The lowest BCUT2D eigenvalue weighted by Crippen LogP contribution is -2.48. The zero-order valence-electron chi connectivity index (χ0n) is 25.2. The number of aromatic nitrogens is 3. The van der Waals surface area contributed by atoms with Gasteiger partial charge in [-0.15, -0.1) is 0 Å². The number of rotatable bonds is 1. The molecule has 7 rings (SSSR count). The Morgan fingerprint density at radius 1 is 1.02 bits per heavy atom. The van der Waals surface area contributed by atoms with E-state index in [-0.39, 0.29) is 46.9 Å². The van der Waals surface area contributed by atoms with Crippen LogP contribution in [0, 0.1) is 5.92 Å². The van der Waals surface area contributed by atoms with E-state index in [0.29, 0.717) is 80.1 Å². The monoisotopic (exact) mass is 629 g/mol. The Hall–Kier alpha value is -2.96. The molecule has 0 aliphatic carbocycles. The minimum absolute atomic E-state index is 0.0114. The average molecular weight is 630 g/mol. The van der Waals surface area contributed by atoms with Gasteiger partial charge in [0.25, 0.3) is 11.5 Å². The number of hydrogen-bond donors (Lipinski definition) is 1. The van der Waals surface area contributed by atoms with Crippen LogP contribution in [-0.4, -0.2) is 72.2 Å². The lowest BCUT2D eigenvalue weighted by atomic mass is 9.89. The highest BCUT2D eigenvalue weighted by Crippen LogP contribution is 2.39. The SMILES string of the molecule is C[C@H]1Nc2ncnc3c2cc(C2CCS(=O)(=O)CC2)c(=O)n3CCCOCCCCN2CC(C2)CC(F)(F)c2cccc1c2. The number of alkyl halides is 2. The predicted octanol–water partition coefficient (Wildman–Crippen LogP) is 4.87. The summed E-state index contributed by atoms with van der Waals surface area (Å²) in [6.07, 6.45) is 4.46. The van der Waals surface area contributed by atoms with Gasteiger partial charge in [0.05, 0.1) is 16.9 Å². The Labute approximate surface area is 256 Å². The van der Waals surface area contributed by atoms with E-state index in [4.69, 9.17) is 4.74 Å². The lowest BCUT2D eigenvalue weighted by molar-refractivity contribution is -0.0570. The molecule has 238 valence electrons. The maximum Gasteiger partial charge on any atom is 0.273 e. The second kappa shape index (κ2) is 12.8. The van der Waals surface area contributed by atoms with E-state index >= 15 is 8.78 Å². The molecule has 0 amide bonds. The first-order chi connectivity index (χ1) is 21.1. The van der Waals surface area contributed by atoms with Gasteiger partial charge in [-0.2, -0.15) is 0 Å². The third kappa shape index (κ3) is 6.82. The van der Waals surface area contributed by atoms with Crippen LogP contribution in [0.2, 0.25) is 0 Å². The van der Waals surface area contributed by atoms with Gasteiger partial charge in [0, 0.05) is 56.4 Å². The van der Waals surface area contributed by atoms with Gasteiger partial charge >= 0.3 is 0 Å². The summed E-state index contributed by atoms with van der Waals surface area (Å²) in [7, 11) is -3.10. The van der Waals surface area contributed by atoms with Crippen molar-refractivity contribution in [3.05, 3.63) is 63.7 Å². The Morgan fingerprint density at radius 2 is 1.80 bits per heavy atom. The summed E-state index contributed by atoms with van der Waals surface area (Å²) in [5.41, 5.74) is 1.58. The number of halogens is 2. The standard InChI is InChI=1S/C32H41F2N5O4S/c1-22-25-6-4-7-26(16-25)32(33,34)18-23-19-38(20-23)10-2-3-12-43-13-5-11-39-30-28(29(37-22)35-21-36-30)17-27(31(39)40)24-8-14-44(41,42)15-9-24/h4,6-7,16-17,21-24H,2-3,5,8-15,18-20H2,1H3,(H,35,36,37)/t22-/m1/s1. The minimum Gasteiger partial charge on any atom is -0.381 e. The molecule has 9 nitrogen and oxygen atoms in total. The molecular weight excluding hydrogens is 588 g/mol. The fourth-order valence-electron chi connectivity index (χ4n) is 6.78. The molecule has 2 aromatic heterocycles. The topological polar surface area (TPSA) is 106 Å². The normalized spacial score (nSPS) is 26.6. The summed E-state index contributed by atoms with van der Waals surface area (Å²) in [5, 5.41) is 4.03. The van der Waals surface area contributed by atoms with Gasteiger partial charge in [-0.25, -0.2) is 27.2 Å². The summed E-state index contributed by atoms with van der Waals surface area (Å²) >= 11 is 0. The van der Waals surface area contributed by atoms with Crippen molar-refractivity contribution in [3.63, 3.8) is 0 Å². The van der Waals surface area contributed by atoms with E-state index in [9.17, 15) is 13.2 Å². The van der Waals surface area contributed by atoms with E-state index < -0.39 is 15.8 Å². The number of nitrogens with zero attached hydrogens (tertiary/aromatic N) is 4. The fraction of sp³-hybridized carbons (Fsp3) is 0.594. The van der Waals surface area contributed by atoms with Crippen molar-refractivity contribution in [1.82, 2.24) is 19.4 Å². The first kappa shape index (κ1) is 31.0. The molecule has 0 radical (unpaired) electrons. The van der Waals surface area contributed by atoms with Crippen LogP contribution in [-0.2, 0) is 27.0 Å². The van der Waals surface area contributed by atoms with Gasteiger partial charge in [0.15, 0.2) is 0 Å². The Kier molecular flexibility index (Phi) is 9.03. The molecule has 3 aromatic rings. The van der Waals surface area contributed by atoms with Crippen LogP contribution in [0.3, 0.4) is 0 Å². The van der Waals surface area contributed by atoms with Gasteiger partial charge in [0.2, 0.25) is 0 Å². The molecule has 2 fully saturated rings. The predicted molar refractivity (Wildman–Crippen MR) is 166 cm³/mol. The van der Waals surface area contributed by atoms with Gasteiger partial charge in [0.1, 0.15) is 27.6 Å². The average Bonchev–Trinajstić information content (AvgIpc) is 2.97. The molecule has 2 saturated heterocycles. The Morgan fingerprint density at radius 3 is 2.59 bits per heavy atom. The summed E-state index contributed by atoms with van der Waals surface area (Å²) < 4.78 is 62.7. The molecule has 0 unspecified atom stereocenters. The first-order valence-electron chi connectivity index (χ1n) is 15.7. The van der Waals surface area contributed by atoms with Crippen molar-refractivity contribution in [3.8, 4) is 0 Å². The van der Waals surface area contributed by atoms with Crippen molar-refractivity contribution in [1.29, 1.82) is 0 Å². The maximum absolute atomic E-state index is 15.4. The highest BCUT2D eigenvalue weighted by atomic mass is 32.2. The summed E-state index contributed by atoms with van der Waals surface area (Å²) in [6, 6.07) is 8.02. The Balaban J connectivity index is 1.36. The van der Waals surface area contributed by atoms with Crippen LogP contribution in [0.25, 0.3) is 11.0 Å². The van der Waals surface area contributed by atoms with Crippen molar-refractivity contribution >= 4 is 26.7 Å². The Bertz CT molecular complexity index is 1640. The molecular formula is C32H41F2N5O4S. The fourth-order valence-corrected chi connectivity index (χ4v) is 8.27. The van der Waals surface area contributed by atoms with Crippen LogP contribution in [0.15, 0.2) is 41.5 Å². The maximum atomic E-state index is 15.4. The molecule has 1 aromatic carbocycles. The van der Waals surface area contributed by atoms with E-state index in [1.54, 1.807) is 22.8 Å². The zero-order chi connectivity index (χ0) is 30.9. The van der Waals surface area contributed by atoms with Crippen LogP contribution in [0.5, 0.6) is 0 Å². The molecule has 0 saturated carbocycles. The molecule has 6 heterocycles. The highest BCUT2D eigenvalue weighted by Gasteiger charge is 2.39. The number of pyridine rings is 1. The molecule has 0 spiro atoms. The molecule has 12 heteroatoms. The van der Waals surface area contributed by atoms with Crippen molar-refractivity contribution in [2.75, 3.05) is 49.7 Å². The van der Waals surface area contributed by atoms with Gasteiger partial charge in [-0.05, 0) is 75.1 Å². The lowest BCUT2D eigenvalue weighted by Gasteiger charge is -2.41. The number of anilines is 1. The van der Waals surface area contributed by atoms with Gasteiger partial charge in [-0.3, -0.25) is 9.36 Å². The second-order valence-electron chi connectivity index (χ2n) is 12.6. The minimum atomic E-state index is -3.10. The molecule has 1 N–H and O–H groups in total. The van der Waals surface area contributed by atoms with E-state index in [1.165, 1.54) is 12.4 Å². The highest BCUT2D eigenvalue weighted by molar-refractivity contribution is 7.91. The third-order valence-electron chi connectivity index (χ3n) is 9.33. The van der Waals surface area contributed by atoms with E-state index in [2.05, 4.69) is 20.2 Å². The number of aryl methyl sites for hydroxylation is 1. The van der Waals surface area contributed by atoms with Gasteiger partial charge in [-0.1, -0.05) is 18.2 Å². The third-order valence-corrected chi connectivity index (χ3v) is 11.0. The largest absolute Gasteiger partial charge is 0.381 e. The van der Waals surface area contributed by atoms with Crippen LogP contribution < -0.4 is 10.9 Å². The second-order valence-corrected chi connectivity index (χ2v) is 14.9. The number of ether oxygens (including phenoxy) is 1. The number of hydrogen-bond acceptors (Lipinski definition) is 8. The number of benzene rings is 1. The van der Waals surface area contributed by atoms with Crippen molar-refractivity contribution < 1.29 is 21.9 Å². The molecule has 4 aliphatic rings. The summed E-state index contributed by atoms with van der Waals surface area (Å²) in [5.74, 6) is -2.56. The summed E-state index contributed by atoms with van der Waals surface area (Å²) in [6.45, 7) is 5.66.